The first-order valence-electron chi connectivity index (χ1n) is 7.30. The lowest BCUT2D eigenvalue weighted by atomic mass is 10.0. The SMILES string of the molecule is CCNC(CCCOC)C1CN(C)CCCN1C. The minimum absolute atomic E-state index is 0.579. The molecule has 18 heavy (non-hydrogen) atoms. The van der Waals surface area contributed by atoms with Gasteiger partial charge in [0.2, 0.25) is 0 Å². The first-order chi connectivity index (χ1) is 8.69. The minimum Gasteiger partial charge on any atom is -0.385 e. The smallest absolute Gasteiger partial charge is 0.0462 e. The molecule has 0 aliphatic carbocycles. The standard InChI is InChI=1S/C14H31N3O/c1-5-15-13(8-6-11-18-4)14-12-16(2)9-7-10-17(14)3/h13-15H,5-12H2,1-4H3. The summed E-state index contributed by atoms with van der Waals surface area (Å²) in [5, 5.41) is 3.67. The second-order valence-electron chi connectivity index (χ2n) is 5.46. The van der Waals surface area contributed by atoms with E-state index in [1.807, 2.05) is 0 Å². The van der Waals surface area contributed by atoms with E-state index in [0.29, 0.717) is 12.1 Å². The van der Waals surface area contributed by atoms with Crippen LogP contribution in [0.1, 0.15) is 26.2 Å². The van der Waals surface area contributed by atoms with E-state index >= 15 is 0 Å². The first-order valence-corrected chi connectivity index (χ1v) is 7.30. The normalized spacial score (nSPS) is 25.0. The fraction of sp³-hybridized carbons (Fsp3) is 1.00. The minimum atomic E-state index is 0.579. The number of hydrogen-bond acceptors (Lipinski definition) is 4. The summed E-state index contributed by atoms with van der Waals surface area (Å²) in [5.74, 6) is 0. The monoisotopic (exact) mass is 257 g/mol. The topological polar surface area (TPSA) is 27.7 Å². The lowest BCUT2D eigenvalue weighted by molar-refractivity contribution is 0.153. The summed E-state index contributed by atoms with van der Waals surface area (Å²) in [4.78, 5) is 5.00. The molecule has 0 aromatic carbocycles. The van der Waals surface area contributed by atoms with Gasteiger partial charge in [-0.3, -0.25) is 0 Å². The number of rotatable bonds is 7. The molecule has 1 N–H and O–H groups in total. The van der Waals surface area contributed by atoms with Crippen LogP contribution in [0, 0.1) is 0 Å². The molecule has 0 aromatic rings. The van der Waals surface area contributed by atoms with Gasteiger partial charge in [-0.1, -0.05) is 6.92 Å². The molecule has 2 atom stereocenters. The Morgan fingerprint density at radius 2 is 2.11 bits per heavy atom. The van der Waals surface area contributed by atoms with Crippen LogP contribution in [-0.2, 0) is 4.74 Å². The third kappa shape index (κ3) is 5.22. The van der Waals surface area contributed by atoms with Crippen molar-refractivity contribution in [1.29, 1.82) is 0 Å². The van der Waals surface area contributed by atoms with Crippen molar-refractivity contribution in [3.63, 3.8) is 0 Å². The summed E-state index contributed by atoms with van der Waals surface area (Å²) in [6.45, 7) is 7.71. The van der Waals surface area contributed by atoms with E-state index in [-0.39, 0.29) is 0 Å². The molecular formula is C14H31N3O. The molecule has 1 fully saturated rings. The molecule has 4 heteroatoms. The molecule has 4 nitrogen and oxygen atoms in total. The Kier molecular flexibility index (Phi) is 7.82. The summed E-state index contributed by atoms with van der Waals surface area (Å²) < 4.78 is 5.18. The molecule has 1 rings (SSSR count). The van der Waals surface area contributed by atoms with Gasteiger partial charge in [0, 0.05) is 32.3 Å². The highest BCUT2D eigenvalue weighted by Crippen LogP contribution is 2.14. The van der Waals surface area contributed by atoms with Gasteiger partial charge in [0.05, 0.1) is 0 Å². The van der Waals surface area contributed by atoms with E-state index in [4.69, 9.17) is 4.74 Å². The molecule has 108 valence electrons. The number of hydrogen-bond donors (Lipinski definition) is 1. The average Bonchev–Trinajstić information content (AvgIpc) is 2.50. The summed E-state index contributed by atoms with van der Waals surface area (Å²) in [6.07, 6.45) is 3.62. The van der Waals surface area contributed by atoms with Crippen molar-refractivity contribution >= 4 is 0 Å². The summed E-state index contributed by atoms with van der Waals surface area (Å²) in [5.41, 5.74) is 0. The van der Waals surface area contributed by atoms with Crippen LogP contribution in [0.2, 0.25) is 0 Å². The predicted octanol–water partition coefficient (Wildman–Crippen LogP) is 1.03. The van der Waals surface area contributed by atoms with Gasteiger partial charge >= 0.3 is 0 Å². The van der Waals surface area contributed by atoms with Crippen LogP contribution in [0.5, 0.6) is 0 Å². The number of nitrogens with zero attached hydrogens (tertiary/aromatic N) is 2. The van der Waals surface area contributed by atoms with Crippen molar-refractivity contribution in [1.82, 2.24) is 15.1 Å². The quantitative estimate of drug-likeness (QED) is 0.689. The Morgan fingerprint density at radius 1 is 1.33 bits per heavy atom. The summed E-state index contributed by atoms with van der Waals surface area (Å²) >= 11 is 0. The maximum atomic E-state index is 5.18. The average molecular weight is 257 g/mol. The van der Waals surface area contributed by atoms with E-state index in [2.05, 4.69) is 36.1 Å². The second-order valence-corrected chi connectivity index (χ2v) is 5.46. The van der Waals surface area contributed by atoms with Crippen LogP contribution in [0.25, 0.3) is 0 Å². The highest BCUT2D eigenvalue weighted by Gasteiger charge is 2.27. The molecule has 0 radical (unpaired) electrons. The molecule has 1 saturated heterocycles. The van der Waals surface area contributed by atoms with E-state index in [1.165, 1.54) is 32.5 Å². The number of ether oxygens (including phenoxy) is 1. The van der Waals surface area contributed by atoms with Crippen molar-refractivity contribution < 1.29 is 4.74 Å². The summed E-state index contributed by atoms with van der Waals surface area (Å²) in [6, 6.07) is 1.20. The Hall–Kier alpha value is -0.160. The molecule has 0 spiro atoms. The maximum Gasteiger partial charge on any atom is 0.0462 e. The second kappa shape index (κ2) is 8.86. The predicted molar refractivity (Wildman–Crippen MR) is 77.1 cm³/mol. The van der Waals surface area contributed by atoms with Crippen molar-refractivity contribution in [3.8, 4) is 0 Å². The lowest BCUT2D eigenvalue weighted by Gasteiger charge is -2.35. The Balaban J connectivity index is 2.56. The van der Waals surface area contributed by atoms with Gasteiger partial charge in [-0.05, 0) is 53.0 Å². The van der Waals surface area contributed by atoms with Gasteiger partial charge in [-0.15, -0.1) is 0 Å². The maximum absolute atomic E-state index is 5.18. The lowest BCUT2D eigenvalue weighted by Crippen LogP contribution is -2.52. The van der Waals surface area contributed by atoms with Gasteiger partial charge < -0.3 is 19.9 Å². The molecule has 1 aliphatic rings. The van der Waals surface area contributed by atoms with E-state index < -0.39 is 0 Å². The Labute approximate surface area is 113 Å². The molecule has 0 aromatic heterocycles. The zero-order valence-corrected chi connectivity index (χ0v) is 12.6. The van der Waals surface area contributed by atoms with Gasteiger partial charge in [-0.2, -0.15) is 0 Å². The molecule has 2 unspecified atom stereocenters. The first kappa shape index (κ1) is 15.9. The third-order valence-corrected chi connectivity index (χ3v) is 3.91. The fourth-order valence-electron chi connectivity index (χ4n) is 2.88. The van der Waals surface area contributed by atoms with Crippen LogP contribution >= 0.6 is 0 Å². The van der Waals surface area contributed by atoms with Crippen LogP contribution < -0.4 is 5.32 Å². The van der Waals surface area contributed by atoms with Crippen molar-refractivity contribution in [2.45, 2.75) is 38.3 Å². The number of likely N-dealkylation sites (N-methyl/N-ethyl adjacent to an activating group) is 3. The number of nitrogens with one attached hydrogen (secondary N) is 1. The van der Waals surface area contributed by atoms with Gasteiger partial charge in [0.25, 0.3) is 0 Å². The van der Waals surface area contributed by atoms with Crippen molar-refractivity contribution in [3.05, 3.63) is 0 Å². The van der Waals surface area contributed by atoms with Crippen LogP contribution in [0.3, 0.4) is 0 Å². The van der Waals surface area contributed by atoms with Crippen LogP contribution in [-0.4, -0.2) is 75.9 Å². The van der Waals surface area contributed by atoms with Gasteiger partial charge in [0.15, 0.2) is 0 Å². The zero-order chi connectivity index (χ0) is 13.4. The van der Waals surface area contributed by atoms with Crippen LogP contribution in [0.15, 0.2) is 0 Å². The Morgan fingerprint density at radius 3 is 2.78 bits per heavy atom. The van der Waals surface area contributed by atoms with Gasteiger partial charge in [0.1, 0.15) is 0 Å². The van der Waals surface area contributed by atoms with Crippen molar-refractivity contribution in [2.75, 3.05) is 54.0 Å². The largest absolute Gasteiger partial charge is 0.385 e. The molecule has 0 bridgehead atoms. The zero-order valence-electron chi connectivity index (χ0n) is 12.6. The highest BCUT2D eigenvalue weighted by atomic mass is 16.5. The van der Waals surface area contributed by atoms with Gasteiger partial charge in [-0.25, -0.2) is 0 Å². The van der Waals surface area contributed by atoms with E-state index in [0.717, 1.165) is 19.6 Å². The Bertz CT molecular complexity index is 213. The van der Waals surface area contributed by atoms with E-state index in [1.54, 1.807) is 7.11 Å². The molecule has 1 aliphatic heterocycles. The highest BCUT2D eigenvalue weighted by molar-refractivity contribution is 4.87. The molecule has 0 saturated carbocycles. The molecular weight excluding hydrogens is 226 g/mol. The van der Waals surface area contributed by atoms with Crippen LogP contribution in [0.4, 0.5) is 0 Å². The number of methoxy groups -OCH3 is 1. The third-order valence-electron chi connectivity index (χ3n) is 3.91. The molecule has 0 amide bonds. The van der Waals surface area contributed by atoms with Crippen molar-refractivity contribution in [2.24, 2.45) is 0 Å². The van der Waals surface area contributed by atoms with E-state index in [9.17, 15) is 0 Å². The molecule has 1 heterocycles. The fourth-order valence-corrected chi connectivity index (χ4v) is 2.88. The summed E-state index contributed by atoms with van der Waals surface area (Å²) in [7, 11) is 6.29.